The van der Waals surface area contributed by atoms with E-state index in [4.69, 9.17) is 0 Å². The Balaban J connectivity index is 1.79. The minimum Gasteiger partial charge on any atom is -0.350 e. The fourth-order valence-electron chi connectivity index (χ4n) is 5.76. The summed E-state index contributed by atoms with van der Waals surface area (Å²) in [7, 11) is 6.43. The molecule has 2 unspecified atom stereocenters. The Morgan fingerprint density at radius 1 is 0.733 bits per heavy atom. The smallest absolute Gasteiger partial charge is 0.144 e. The Morgan fingerprint density at radius 3 is 1.53 bits per heavy atom. The summed E-state index contributed by atoms with van der Waals surface area (Å²) in [6, 6.07) is 14.1. The van der Waals surface area contributed by atoms with Crippen LogP contribution in [-0.2, 0) is 19.9 Å². The number of fused-ring (bicyclic) bond motifs is 3. The van der Waals surface area contributed by atoms with Gasteiger partial charge in [0.1, 0.15) is 23.7 Å². The van der Waals surface area contributed by atoms with Crippen molar-refractivity contribution in [3.63, 3.8) is 0 Å². The average Bonchev–Trinajstić information content (AvgIpc) is 3.02. The minimum atomic E-state index is -0.161. The van der Waals surface area contributed by atoms with Crippen molar-refractivity contribution in [2.45, 2.75) is 24.9 Å². The lowest BCUT2D eigenvalue weighted by Crippen LogP contribution is -3.11. The summed E-state index contributed by atoms with van der Waals surface area (Å²) in [6.07, 6.45) is 1.91. The molecule has 4 atom stereocenters. The van der Waals surface area contributed by atoms with Crippen molar-refractivity contribution in [2.75, 3.05) is 27.2 Å². The molecule has 0 fully saturated rings. The van der Waals surface area contributed by atoms with Crippen LogP contribution in [0.25, 0.3) is 0 Å². The molecule has 1 aromatic heterocycles. The van der Waals surface area contributed by atoms with E-state index in [0.29, 0.717) is 0 Å². The molecule has 3 nitrogen and oxygen atoms in total. The molecular formula is C25H29F2N3+2. The van der Waals surface area contributed by atoms with Crippen LogP contribution < -0.4 is 9.80 Å². The normalized spacial score (nSPS) is 25.6. The third-order valence-corrected chi connectivity index (χ3v) is 7.23. The lowest BCUT2D eigenvalue weighted by molar-refractivity contribution is -0.912. The second-order valence-electron chi connectivity index (χ2n) is 8.88. The highest BCUT2D eigenvalue weighted by Crippen LogP contribution is 2.39. The zero-order valence-electron chi connectivity index (χ0n) is 17.8. The summed E-state index contributed by atoms with van der Waals surface area (Å²) in [5.41, 5.74) is 6.48. The highest BCUT2D eigenvalue weighted by atomic mass is 19.1. The molecular weight excluding hydrogens is 380 g/mol. The molecule has 3 aromatic rings. The molecule has 0 aliphatic carbocycles. The highest BCUT2D eigenvalue weighted by Gasteiger charge is 2.44. The number of rotatable bonds is 2. The molecule has 30 heavy (non-hydrogen) atoms. The van der Waals surface area contributed by atoms with Crippen molar-refractivity contribution < 1.29 is 18.6 Å². The van der Waals surface area contributed by atoms with E-state index < -0.39 is 0 Å². The van der Waals surface area contributed by atoms with Gasteiger partial charge in [0.25, 0.3) is 0 Å². The van der Waals surface area contributed by atoms with Gasteiger partial charge in [0.15, 0.2) is 0 Å². The first-order valence-electron chi connectivity index (χ1n) is 10.8. The van der Waals surface area contributed by atoms with Gasteiger partial charge in [-0.05, 0) is 24.3 Å². The number of hydrogen-bond donors (Lipinski definition) is 2. The van der Waals surface area contributed by atoms with Crippen LogP contribution in [0.5, 0.6) is 0 Å². The van der Waals surface area contributed by atoms with E-state index in [1.807, 2.05) is 24.3 Å². The number of likely N-dealkylation sites (N-methyl/N-ethyl adjacent to an activating group) is 2. The molecule has 5 rings (SSSR count). The van der Waals surface area contributed by atoms with Gasteiger partial charge in [0.2, 0.25) is 0 Å². The molecule has 0 radical (unpaired) electrons. The predicted octanol–water partition coefficient (Wildman–Crippen LogP) is 1.62. The molecule has 5 heteroatoms. The fourth-order valence-corrected chi connectivity index (χ4v) is 5.76. The third-order valence-electron chi connectivity index (χ3n) is 7.23. The lowest BCUT2D eigenvalue weighted by Gasteiger charge is -2.35. The maximum absolute atomic E-state index is 15.0. The second kappa shape index (κ2) is 7.33. The van der Waals surface area contributed by atoms with Gasteiger partial charge >= 0.3 is 0 Å². The van der Waals surface area contributed by atoms with Crippen LogP contribution in [0.4, 0.5) is 8.78 Å². The van der Waals surface area contributed by atoms with Crippen molar-refractivity contribution in [2.24, 2.45) is 7.05 Å². The van der Waals surface area contributed by atoms with Crippen LogP contribution in [0.3, 0.4) is 0 Å². The van der Waals surface area contributed by atoms with Crippen LogP contribution in [0.2, 0.25) is 0 Å². The SMILES string of the molecule is Cn1c2c(c3c1CC[NH+](C)[C@@H]3c1ccccc1F)[C@@H](c1ccccc1F)[NH+](C)CC2. The summed E-state index contributed by atoms with van der Waals surface area (Å²) in [5, 5.41) is 0. The van der Waals surface area contributed by atoms with Crippen LogP contribution in [0.1, 0.15) is 45.7 Å². The van der Waals surface area contributed by atoms with E-state index >= 15 is 0 Å². The summed E-state index contributed by atoms with van der Waals surface area (Å²) in [5.74, 6) is -0.322. The van der Waals surface area contributed by atoms with Gasteiger partial charge in [-0.3, -0.25) is 0 Å². The number of hydrogen-bond acceptors (Lipinski definition) is 0. The molecule has 2 aromatic carbocycles. The summed E-state index contributed by atoms with van der Waals surface area (Å²) >= 11 is 0. The highest BCUT2D eigenvalue weighted by molar-refractivity contribution is 5.50. The summed E-state index contributed by atoms with van der Waals surface area (Å²) < 4.78 is 32.2. The fraction of sp³-hybridized carbons (Fsp3) is 0.360. The second-order valence-corrected chi connectivity index (χ2v) is 8.88. The Bertz CT molecular complexity index is 1020. The molecule has 0 saturated carbocycles. The van der Waals surface area contributed by atoms with E-state index in [1.54, 1.807) is 24.3 Å². The van der Waals surface area contributed by atoms with Gasteiger partial charge < -0.3 is 14.4 Å². The maximum Gasteiger partial charge on any atom is 0.144 e. The number of nitrogens with one attached hydrogen (secondary N) is 2. The van der Waals surface area contributed by atoms with Gasteiger partial charge in [-0.15, -0.1) is 0 Å². The van der Waals surface area contributed by atoms with Gasteiger partial charge in [-0.25, -0.2) is 8.78 Å². The number of halogens is 2. The van der Waals surface area contributed by atoms with E-state index in [-0.39, 0.29) is 23.7 Å². The van der Waals surface area contributed by atoms with Gasteiger partial charge in [-0.1, -0.05) is 24.3 Å². The largest absolute Gasteiger partial charge is 0.350 e. The standard InChI is InChI=1S/C25H27F2N3/c1-28-14-12-20-22(24(28)16-8-4-6-10-18(16)26)23-21(30(20)3)13-15-29(2)25(23)17-9-5-7-11-19(17)27/h4-11,24-25H,12-15H2,1-3H3/p+2/t24-,25-/m1/s1. The number of aromatic nitrogens is 1. The molecule has 2 N–H and O–H groups in total. The van der Waals surface area contributed by atoms with E-state index in [1.165, 1.54) is 32.3 Å². The van der Waals surface area contributed by atoms with Gasteiger partial charge in [0.05, 0.1) is 27.2 Å². The zero-order chi connectivity index (χ0) is 21.0. The van der Waals surface area contributed by atoms with Crippen molar-refractivity contribution in [1.82, 2.24) is 4.57 Å². The van der Waals surface area contributed by atoms with Gasteiger partial charge in [-0.2, -0.15) is 0 Å². The molecule has 0 bridgehead atoms. The quantitative estimate of drug-likeness (QED) is 0.639. The molecule has 2 aliphatic heterocycles. The van der Waals surface area contributed by atoms with Crippen molar-refractivity contribution >= 4 is 0 Å². The summed E-state index contributed by atoms with van der Waals surface area (Å²) in [6.45, 7) is 1.91. The molecule has 0 amide bonds. The van der Waals surface area contributed by atoms with Crippen LogP contribution in [0.15, 0.2) is 48.5 Å². The lowest BCUT2D eigenvalue weighted by atomic mass is 9.83. The first kappa shape index (κ1) is 19.5. The number of quaternary nitrogens is 2. The molecule has 156 valence electrons. The Kier molecular flexibility index (Phi) is 4.75. The average molecular weight is 410 g/mol. The topological polar surface area (TPSA) is 13.8 Å². The van der Waals surface area contributed by atoms with Crippen molar-refractivity contribution in [3.8, 4) is 0 Å². The Labute approximate surface area is 176 Å². The Morgan fingerprint density at radius 2 is 1.13 bits per heavy atom. The van der Waals surface area contributed by atoms with E-state index in [2.05, 4.69) is 25.7 Å². The van der Waals surface area contributed by atoms with Crippen molar-refractivity contribution in [1.29, 1.82) is 0 Å². The van der Waals surface area contributed by atoms with Crippen LogP contribution >= 0.6 is 0 Å². The van der Waals surface area contributed by atoms with Gasteiger partial charge in [0, 0.05) is 53.5 Å². The zero-order valence-corrected chi connectivity index (χ0v) is 17.8. The third kappa shape index (κ3) is 2.83. The molecule has 2 aliphatic rings. The molecule has 3 heterocycles. The predicted molar refractivity (Wildman–Crippen MR) is 113 cm³/mol. The first-order valence-corrected chi connectivity index (χ1v) is 10.8. The minimum absolute atomic E-state index is 0.0786. The molecule has 0 saturated heterocycles. The summed E-state index contributed by atoms with van der Waals surface area (Å²) in [4.78, 5) is 2.58. The molecule has 0 spiro atoms. The number of benzene rings is 2. The van der Waals surface area contributed by atoms with E-state index in [0.717, 1.165) is 37.1 Å². The van der Waals surface area contributed by atoms with Crippen molar-refractivity contribution in [3.05, 3.63) is 93.8 Å². The maximum atomic E-state index is 15.0. The van der Waals surface area contributed by atoms with Crippen LogP contribution in [-0.4, -0.2) is 31.8 Å². The number of nitrogens with zero attached hydrogens (tertiary/aromatic N) is 1. The monoisotopic (exact) mass is 409 g/mol. The van der Waals surface area contributed by atoms with E-state index in [9.17, 15) is 8.78 Å². The van der Waals surface area contributed by atoms with Crippen LogP contribution in [0, 0.1) is 11.6 Å². The first-order chi connectivity index (χ1) is 14.5. The Hall–Kier alpha value is -2.50.